The summed E-state index contributed by atoms with van der Waals surface area (Å²) in [6, 6.07) is 4.38. The molecule has 0 spiro atoms. The molecule has 16 heavy (non-hydrogen) atoms. The number of hydrogen-bond donors (Lipinski definition) is 1. The van der Waals surface area contributed by atoms with E-state index in [2.05, 4.69) is 5.32 Å². The Morgan fingerprint density at radius 1 is 1.56 bits per heavy atom. The van der Waals surface area contributed by atoms with Crippen molar-refractivity contribution in [3.63, 3.8) is 0 Å². The van der Waals surface area contributed by atoms with Crippen molar-refractivity contribution in [1.29, 1.82) is 0 Å². The first-order valence-corrected chi connectivity index (χ1v) is 6.16. The van der Waals surface area contributed by atoms with Gasteiger partial charge in [-0.1, -0.05) is 0 Å². The quantitative estimate of drug-likeness (QED) is 0.838. The van der Waals surface area contributed by atoms with E-state index in [4.69, 9.17) is 0 Å². The number of aromatic nitrogens is 1. The summed E-state index contributed by atoms with van der Waals surface area (Å²) in [4.78, 5) is 11.6. The van der Waals surface area contributed by atoms with E-state index in [-0.39, 0.29) is 5.56 Å². The van der Waals surface area contributed by atoms with Crippen LogP contribution in [0.4, 0.5) is 0 Å². The van der Waals surface area contributed by atoms with Crippen LogP contribution in [0.5, 0.6) is 0 Å². The summed E-state index contributed by atoms with van der Waals surface area (Å²) in [6.07, 6.45) is 6.76. The zero-order valence-electron chi connectivity index (χ0n) is 9.91. The molecule has 0 amide bonds. The SMILES string of the molecule is Cc1ccn(CCCC2CCCN2)c(=O)c1. The molecule has 2 rings (SSSR count). The van der Waals surface area contributed by atoms with Crippen molar-refractivity contribution >= 4 is 0 Å². The zero-order chi connectivity index (χ0) is 11.4. The van der Waals surface area contributed by atoms with Gasteiger partial charge in [-0.2, -0.15) is 0 Å². The molecular weight excluding hydrogens is 200 g/mol. The number of aryl methyl sites for hydroxylation is 2. The van der Waals surface area contributed by atoms with Gasteiger partial charge >= 0.3 is 0 Å². The van der Waals surface area contributed by atoms with Crippen molar-refractivity contribution in [2.75, 3.05) is 6.54 Å². The summed E-state index contributed by atoms with van der Waals surface area (Å²) in [6.45, 7) is 3.96. The maximum absolute atomic E-state index is 11.6. The lowest BCUT2D eigenvalue weighted by Gasteiger charge is -2.10. The number of nitrogens with zero attached hydrogens (tertiary/aromatic N) is 1. The predicted octanol–water partition coefficient (Wildman–Crippen LogP) is 1.69. The molecule has 0 aliphatic carbocycles. The van der Waals surface area contributed by atoms with Crippen molar-refractivity contribution in [2.24, 2.45) is 0 Å². The smallest absolute Gasteiger partial charge is 0.250 e. The van der Waals surface area contributed by atoms with Gasteiger partial charge in [0.2, 0.25) is 0 Å². The Morgan fingerprint density at radius 2 is 2.44 bits per heavy atom. The summed E-state index contributed by atoms with van der Waals surface area (Å²) in [5.74, 6) is 0. The Labute approximate surface area is 96.5 Å². The minimum atomic E-state index is 0.124. The second-order valence-electron chi connectivity index (χ2n) is 4.67. The van der Waals surface area contributed by atoms with Crippen molar-refractivity contribution in [1.82, 2.24) is 9.88 Å². The highest BCUT2D eigenvalue weighted by molar-refractivity contribution is 5.07. The molecule has 2 heterocycles. The van der Waals surface area contributed by atoms with Gasteiger partial charge in [0.15, 0.2) is 0 Å². The molecule has 1 aromatic rings. The fourth-order valence-corrected chi connectivity index (χ4v) is 2.30. The van der Waals surface area contributed by atoms with Crippen LogP contribution in [0, 0.1) is 6.92 Å². The van der Waals surface area contributed by atoms with Gasteiger partial charge in [-0.25, -0.2) is 0 Å². The summed E-state index contributed by atoms with van der Waals surface area (Å²) in [5, 5.41) is 3.48. The van der Waals surface area contributed by atoms with Crippen LogP contribution in [0.2, 0.25) is 0 Å². The maximum Gasteiger partial charge on any atom is 0.250 e. The fraction of sp³-hybridized carbons (Fsp3) is 0.615. The van der Waals surface area contributed by atoms with Crippen LogP contribution >= 0.6 is 0 Å². The second-order valence-corrected chi connectivity index (χ2v) is 4.67. The number of rotatable bonds is 4. The molecule has 0 saturated carbocycles. The highest BCUT2D eigenvalue weighted by Crippen LogP contribution is 2.10. The third kappa shape index (κ3) is 2.95. The lowest BCUT2D eigenvalue weighted by Crippen LogP contribution is -2.23. The van der Waals surface area contributed by atoms with E-state index in [1.807, 2.05) is 23.8 Å². The average Bonchev–Trinajstić information content (AvgIpc) is 2.74. The van der Waals surface area contributed by atoms with Gasteiger partial charge in [-0.15, -0.1) is 0 Å². The molecule has 1 N–H and O–H groups in total. The van der Waals surface area contributed by atoms with Crippen LogP contribution in [0.15, 0.2) is 23.1 Å². The third-order valence-corrected chi connectivity index (χ3v) is 3.27. The lowest BCUT2D eigenvalue weighted by molar-refractivity contribution is 0.497. The van der Waals surface area contributed by atoms with Gasteiger partial charge < -0.3 is 9.88 Å². The van der Waals surface area contributed by atoms with E-state index in [9.17, 15) is 4.79 Å². The summed E-state index contributed by atoms with van der Waals surface area (Å²) >= 11 is 0. The van der Waals surface area contributed by atoms with Crippen molar-refractivity contribution < 1.29 is 0 Å². The van der Waals surface area contributed by atoms with Crippen molar-refractivity contribution in [3.8, 4) is 0 Å². The Bertz CT molecular complexity index is 391. The molecule has 1 aliphatic rings. The van der Waals surface area contributed by atoms with Crippen LogP contribution < -0.4 is 10.9 Å². The number of hydrogen-bond acceptors (Lipinski definition) is 2. The van der Waals surface area contributed by atoms with Crippen LogP contribution in [-0.4, -0.2) is 17.2 Å². The van der Waals surface area contributed by atoms with Gasteiger partial charge in [0.1, 0.15) is 0 Å². The Morgan fingerprint density at radius 3 is 3.12 bits per heavy atom. The topological polar surface area (TPSA) is 34.0 Å². The van der Waals surface area contributed by atoms with Crippen LogP contribution in [0.25, 0.3) is 0 Å². The molecule has 1 fully saturated rings. The van der Waals surface area contributed by atoms with Gasteiger partial charge in [0.25, 0.3) is 5.56 Å². The molecule has 1 atom stereocenters. The Kier molecular flexibility index (Phi) is 3.78. The molecule has 88 valence electrons. The van der Waals surface area contributed by atoms with Gasteiger partial charge in [0, 0.05) is 24.8 Å². The normalized spacial score (nSPS) is 20.2. The van der Waals surface area contributed by atoms with Crippen molar-refractivity contribution in [2.45, 2.75) is 45.2 Å². The van der Waals surface area contributed by atoms with E-state index < -0.39 is 0 Å². The van der Waals surface area contributed by atoms with E-state index in [0.717, 1.165) is 25.1 Å². The molecular formula is C13H20N2O. The summed E-state index contributed by atoms with van der Waals surface area (Å²) in [5.41, 5.74) is 1.16. The molecule has 0 radical (unpaired) electrons. The van der Waals surface area contributed by atoms with E-state index >= 15 is 0 Å². The largest absolute Gasteiger partial charge is 0.316 e. The average molecular weight is 220 g/mol. The minimum absolute atomic E-state index is 0.124. The molecule has 1 aliphatic heterocycles. The highest BCUT2D eigenvalue weighted by Gasteiger charge is 2.12. The predicted molar refractivity (Wildman–Crippen MR) is 65.7 cm³/mol. The second kappa shape index (κ2) is 5.30. The van der Waals surface area contributed by atoms with E-state index in [1.165, 1.54) is 19.3 Å². The summed E-state index contributed by atoms with van der Waals surface area (Å²) in [7, 11) is 0. The van der Waals surface area contributed by atoms with Crippen LogP contribution in [-0.2, 0) is 6.54 Å². The van der Waals surface area contributed by atoms with E-state index in [0.29, 0.717) is 6.04 Å². The number of pyridine rings is 1. The third-order valence-electron chi connectivity index (χ3n) is 3.27. The lowest BCUT2D eigenvalue weighted by atomic mass is 10.1. The highest BCUT2D eigenvalue weighted by atomic mass is 16.1. The first kappa shape index (κ1) is 11.4. The molecule has 3 nitrogen and oxygen atoms in total. The molecule has 0 bridgehead atoms. The van der Waals surface area contributed by atoms with Gasteiger partial charge in [0.05, 0.1) is 0 Å². The van der Waals surface area contributed by atoms with Crippen LogP contribution in [0.1, 0.15) is 31.2 Å². The molecule has 1 saturated heterocycles. The number of nitrogens with one attached hydrogen (secondary N) is 1. The van der Waals surface area contributed by atoms with Gasteiger partial charge in [-0.05, 0) is 50.8 Å². The minimum Gasteiger partial charge on any atom is -0.316 e. The standard InChI is InChI=1S/C13H20N2O/c1-11-6-9-15(13(16)10-11)8-3-5-12-4-2-7-14-12/h6,9-10,12,14H,2-5,7-8H2,1H3. The fourth-order valence-electron chi connectivity index (χ4n) is 2.30. The molecule has 1 aromatic heterocycles. The van der Waals surface area contributed by atoms with Crippen molar-refractivity contribution in [3.05, 3.63) is 34.2 Å². The van der Waals surface area contributed by atoms with Crippen LogP contribution in [0.3, 0.4) is 0 Å². The Balaban J connectivity index is 1.82. The first-order valence-electron chi connectivity index (χ1n) is 6.16. The van der Waals surface area contributed by atoms with Gasteiger partial charge in [-0.3, -0.25) is 4.79 Å². The zero-order valence-corrected chi connectivity index (χ0v) is 9.91. The monoisotopic (exact) mass is 220 g/mol. The summed E-state index contributed by atoms with van der Waals surface area (Å²) < 4.78 is 1.81. The molecule has 1 unspecified atom stereocenters. The molecule has 0 aromatic carbocycles. The molecule has 3 heteroatoms. The first-order chi connectivity index (χ1) is 7.75. The van der Waals surface area contributed by atoms with E-state index in [1.54, 1.807) is 6.07 Å². The maximum atomic E-state index is 11.6. The Hall–Kier alpha value is -1.09.